The van der Waals surface area contributed by atoms with Crippen LogP contribution in [-0.2, 0) is 28.7 Å². The summed E-state index contributed by atoms with van der Waals surface area (Å²) in [4.78, 5) is 38.2. The zero-order chi connectivity index (χ0) is 31.4. The van der Waals surface area contributed by atoms with E-state index in [9.17, 15) is 32.7 Å². The van der Waals surface area contributed by atoms with Crippen LogP contribution < -0.4 is 5.32 Å². The summed E-state index contributed by atoms with van der Waals surface area (Å²) < 4.78 is 39.1. The third kappa shape index (κ3) is 9.98. The van der Waals surface area contributed by atoms with Crippen LogP contribution >= 0.6 is 0 Å². The molecule has 0 aliphatic heterocycles. The molecule has 0 radical (unpaired) electrons. The Morgan fingerprint density at radius 1 is 0.791 bits per heavy atom. The average Bonchev–Trinajstić information content (AvgIpc) is 2.99. The van der Waals surface area contributed by atoms with Gasteiger partial charge in [-0.05, 0) is 72.4 Å². The molecule has 1 unspecified atom stereocenters. The fourth-order valence-electron chi connectivity index (χ4n) is 5.00. The number of aliphatic carboxylic acids is 1. The zero-order valence-corrected chi connectivity index (χ0v) is 24.6. The van der Waals surface area contributed by atoms with Gasteiger partial charge in [0.25, 0.3) is 5.91 Å². The van der Waals surface area contributed by atoms with Gasteiger partial charge < -0.3 is 15.3 Å². The van der Waals surface area contributed by atoms with Crippen molar-refractivity contribution in [2.24, 2.45) is 0 Å². The topological polar surface area (TPSA) is 86.7 Å². The van der Waals surface area contributed by atoms with Gasteiger partial charge >= 0.3 is 18.1 Å². The number of benzene rings is 3. The molecule has 2 N–H and O–H groups in total. The fourth-order valence-corrected chi connectivity index (χ4v) is 5.00. The maximum absolute atomic E-state index is 13.0. The number of nitrogens with zero attached hydrogens (tertiary/aromatic N) is 1. The van der Waals surface area contributed by atoms with Crippen LogP contribution in [0.3, 0.4) is 0 Å². The molecule has 3 rings (SSSR count). The van der Waals surface area contributed by atoms with Gasteiger partial charge in [0.2, 0.25) is 0 Å². The number of carbonyl (C=O) groups excluding carboxylic acids is 2. The van der Waals surface area contributed by atoms with E-state index in [2.05, 4.69) is 12.2 Å². The summed E-state index contributed by atoms with van der Waals surface area (Å²) in [6.45, 7) is 3.82. The number of halogens is 3. The minimum absolute atomic E-state index is 0.105. The van der Waals surface area contributed by atoms with Crippen molar-refractivity contribution < 1.29 is 32.7 Å². The highest BCUT2D eigenvalue weighted by atomic mass is 19.4. The Morgan fingerprint density at radius 2 is 1.37 bits per heavy atom. The van der Waals surface area contributed by atoms with Crippen molar-refractivity contribution in [3.8, 4) is 0 Å². The van der Waals surface area contributed by atoms with Crippen LogP contribution in [0.15, 0.2) is 72.8 Å². The van der Waals surface area contributed by atoms with Gasteiger partial charge in [-0.15, -0.1) is 0 Å². The highest BCUT2D eigenvalue weighted by Crippen LogP contribution is 2.32. The number of rotatable bonds is 14. The highest BCUT2D eigenvalue weighted by molar-refractivity contribution is 6.31. The van der Waals surface area contributed by atoms with Crippen molar-refractivity contribution in [3.63, 3.8) is 0 Å². The molecule has 0 aliphatic rings. The summed E-state index contributed by atoms with van der Waals surface area (Å²) in [7, 11) is 0. The van der Waals surface area contributed by atoms with Gasteiger partial charge in [0.15, 0.2) is 0 Å². The number of amides is 2. The van der Waals surface area contributed by atoms with Crippen LogP contribution in [0.5, 0.6) is 0 Å². The van der Waals surface area contributed by atoms with Gasteiger partial charge in [-0.1, -0.05) is 82.3 Å². The molecule has 0 aromatic heterocycles. The normalized spacial score (nSPS) is 12.0. The van der Waals surface area contributed by atoms with Gasteiger partial charge in [-0.25, -0.2) is 4.79 Å². The number of unbranched alkanes of at least 4 members (excludes halogenated alkanes) is 5. The van der Waals surface area contributed by atoms with Crippen molar-refractivity contribution in [2.45, 2.75) is 84.0 Å². The lowest BCUT2D eigenvalue weighted by atomic mass is 9.99. The molecule has 0 saturated heterocycles. The molecule has 43 heavy (non-hydrogen) atoms. The number of carbonyl (C=O) groups is 3. The lowest BCUT2D eigenvalue weighted by molar-refractivity contribution is -0.157. The van der Waals surface area contributed by atoms with Crippen LogP contribution in [-0.4, -0.2) is 27.8 Å². The molecule has 230 valence electrons. The summed E-state index contributed by atoms with van der Waals surface area (Å²) in [5, 5.41) is 12.3. The summed E-state index contributed by atoms with van der Waals surface area (Å²) in [6, 6.07) is 17.8. The van der Waals surface area contributed by atoms with Gasteiger partial charge in [-0.3, -0.25) is 9.59 Å². The first-order valence-corrected chi connectivity index (χ1v) is 14.7. The molecular weight excluding hydrogens is 557 g/mol. The first-order valence-electron chi connectivity index (χ1n) is 14.7. The number of carboxylic acid groups (broad SMARTS) is 1. The molecule has 0 aliphatic carbocycles. The first kappa shape index (κ1) is 33.4. The van der Waals surface area contributed by atoms with Crippen LogP contribution in [0.4, 0.5) is 18.9 Å². The Kier molecular flexibility index (Phi) is 12.3. The zero-order valence-electron chi connectivity index (χ0n) is 24.6. The van der Waals surface area contributed by atoms with E-state index in [-0.39, 0.29) is 18.9 Å². The van der Waals surface area contributed by atoms with Crippen molar-refractivity contribution in [1.82, 2.24) is 4.90 Å². The first-order chi connectivity index (χ1) is 20.5. The highest BCUT2D eigenvalue weighted by Gasteiger charge is 2.32. The Morgan fingerprint density at radius 3 is 1.93 bits per heavy atom. The summed E-state index contributed by atoms with van der Waals surface area (Å²) in [5.74, 6) is -3.15. The second kappa shape index (κ2) is 15.9. The Bertz CT molecular complexity index is 1340. The molecule has 0 spiro atoms. The smallest absolute Gasteiger partial charge is 0.416 e. The maximum atomic E-state index is 13.0. The quantitative estimate of drug-likeness (QED) is 0.144. The molecule has 3 aromatic rings. The molecule has 3 aromatic carbocycles. The molecule has 0 fully saturated rings. The number of hydrogen-bond donors (Lipinski definition) is 2. The van der Waals surface area contributed by atoms with Crippen LogP contribution in [0.1, 0.15) is 97.4 Å². The number of alkyl halides is 3. The SMILES string of the molecule is CCCCCCCCc1ccc(NC(=O)c2ccc(CN(C(=O)C(=O)O)C(CC)c3ccc(C(F)(F)F)cc3)cc2)cc1. The predicted octanol–water partition coefficient (Wildman–Crippen LogP) is 8.43. The molecule has 0 heterocycles. The molecule has 2 amide bonds. The molecule has 6 nitrogen and oxygen atoms in total. The van der Waals surface area contributed by atoms with Crippen molar-refractivity contribution in [3.05, 3.63) is 101 Å². The Balaban J connectivity index is 1.64. The fraction of sp³-hybridized carbons (Fsp3) is 0.382. The Labute approximate surface area is 250 Å². The summed E-state index contributed by atoms with van der Waals surface area (Å²) >= 11 is 0. The van der Waals surface area contributed by atoms with Gasteiger partial charge in [-0.2, -0.15) is 13.2 Å². The number of carboxylic acids is 1. The van der Waals surface area contributed by atoms with E-state index in [1.807, 2.05) is 24.3 Å². The van der Waals surface area contributed by atoms with Gasteiger partial charge in [0.1, 0.15) is 0 Å². The molecule has 0 saturated carbocycles. The number of aryl methyl sites for hydroxylation is 1. The van der Waals surface area contributed by atoms with E-state index >= 15 is 0 Å². The second-order valence-corrected chi connectivity index (χ2v) is 10.6. The van der Waals surface area contributed by atoms with E-state index in [4.69, 9.17) is 0 Å². The summed E-state index contributed by atoms with van der Waals surface area (Å²) in [6.07, 6.45) is 4.18. The average molecular weight is 597 g/mol. The van der Waals surface area contributed by atoms with Crippen LogP contribution in [0.25, 0.3) is 0 Å². The standard InChI is InChI=1S/C34H39F3N2O4/c1-3-5-6-7-8-9-10-24-13-21-29(22-14-24)38-31(40)27-15-11-25(12-16-27)23-39(32(41)33(42)43)30(4-2)26-17-19-28(20-18-26)34(35,36)37/h11-22,30H,3-10,23H2,1-2H3,(H,38,40)(H,42,43). The predicted molar refractivity (Wildman–Crippen MR) is 161 cm³/mol. The van der Waals surface area contributed by atoms with Crippen molar-refractivity contribution in [1.29, 1.82) is 0 Å². The van der Waals surface area contributed by atoms with E-state index in [1.54, 1.807) is 31.2 Å². The number of nitrogens with one attached hydrogen (secondary N) is 1. The van der Waals surface area contributed by atoms with E-state index in [0.29, 0.717) is 22.4 Å². The largest absolute Gasteiger partial charge is 0.474 e. The number of anilines is 1. The van der Waals surface area contributed by atoms with Crippen molar-refractivity contribution in [2.75, 3.05) is 5.32 Å². The lowest BCUT2D eigenvalue weighted by Crippen LogP contribution is -2.38. The minimum Gasteiger partial charge on any atom is -0.474 e. The maximum Gasteiger partial charge on any atom is 0.416 e. The molecule has 1 atom stereocenters. The Hall–Kier alpha value is -4.14. The molecule has 9 heteroatoms. The third-order valence-corrected chi connectivity index (χ3v) is 7.43. The van der Waals surface area contributed by atoms with Crippen molar-refractivity contribution >= 4 is 23.5 Å². The molecule has 0 bridgehead atoms. The van der Waals surface area contributed by atoms with E-state index in [0.717, 1.165) is 29.9 Å². The van der Waals surface area contributed by atoms with E-state index < -0.39 is 29.7 Å². The lowest BCUT2D eigenvalue weighted by Gasteiger charge is -2.30. The van der Waals surface area contributed by atoms with Gasteiger partial charge in [0.05, 0.1) is 11.6 Å². The summed E-state index contributed by atoms with van der Waals surface area (Å²) in [5.41, 5.74) is 2.39. The van der Waals surface area contributed by atoms with Crippen LogP contribution in [0, 0.1) is 0 Å². The van der Waals surface area contributed by atoms with Gasteiger partial charge in [0, 0.05) is 17.8 Å². The van der Waals surface area contributed by atoms with Crippen LogP contribution in [0.2, 0.25) is 0 Å². The number of hydrogen-bond acceptors (Lipinski definition) is 3. The monoisotopic (exact) mass is 596 g/mol. The second-order valence-electron chi connectivity index (χ2n) is 10.6. The molecular formula is C34H39F3N2O4. The third-order valence-electron chi connectivity index (χ3n) is 7.43. The minimum atomic E-state index is -4.51. The van der Waals surface area contributed by atoms with E-state index in [1.165, 1.54) is 49.8 Å².